The largest absolute Gasteiger partial charge is 0.489 e. The number of halogens is 1. The molecule has 0 aliphatic carbocycles. The van der Waals surface area contributed by atoms with E-state index in [2.05, 4.69) is 10.3 Å². The molecule has 3 rings (SSSR count). The first kappa shape index (κ1) is 17.9. The zero-order valence-electron chi connectivity index (χ0n) is 13.9. The van der Waals surface area contributed by atoms with Crippen molar-refractivity contribution in [1.29, 1.82) is 0 Å². The Morgan fingerprint density at radius 2 is 1.96 bits per heavy atom. The zero-order valence-corrected chi connectivity index (χ0v) is 14.7. The van der Waals surface area contributed by atoms with Gasteiger partial charge in [-0.2, -0.15) is 4.99 Å². The third kappa shape index (κ3) is 4.58. The first-order valence-corrected chi connectivity index (χ1v) is 8.59. The standard InChI is InChI=1S/C19H15FN2O3S/c1-12(23)21-19-22-18(24)17(26-19)10-13-6-8-15(9-7-13)25-11-14-4-2-3-5-16(14)20/h2-10H,11H2,1H3,(H,21,22,23,24). The minimum atomic E-state index is -0.390. The smallest absolute Gasteiger partial charge is 0.286 e. The molecule has 0 spiro atoms. The first-order chi connectivity index (χ1) is 12.5. The Balaban J connectivity index is 1.62. The van der Waals surface area contributed by atoms with Crippen LogP contribution >= 0.6 is 11.8 Å². The maximum atomic E-state index is 13.6. The van der Waals surface area contributed by atoms with Crippen LogP contribution in [0.5, 0.6) is 5.75 Å². The van der Waals surface area contributed by atoms with Crippen LogP contribution in [0.15, 0.2) is 58.4 Å². The van der Waals surface area contributed by atoms with Gasteiger partial charge >= 0.3 is 0 Å². The number of benzene rings is 2. The molecule has 0 fully saturated rings. The Morgan fingerprint density at radius 1 is 1.23 bits per heavy atom. The summed E-state index contributed by atoms with van der Waals surface area (Å²) >= 11 is 1.11. The quantitative estimate of drug-likeness (QED) is 0.837. The molecule has 1 aliphatic rings. The van der Waals surface area contributed by atoms with Gasteiger partial charge in [0.05, 0.1) is 4.91 Å². The fourth-order valence-electron chi connectivity index (χ4n) is 2.20. The van der Waals surface area contributed by atoms with E-state index >= 15 is 0 Å². The first-order valence-electron chi connectivity index (χ1n) is 7.78. The second-order valence-corrected chi connectivity index (χ2v) is 6.49. The Bertz CT molecular complexity index is 907. The fourth-order valence-corrected chi connectivity index (χ4v) is 3.06. The number of hydrogen-bond donors (Lipinski definition) is 1. The van der Waals surface area contributed by atoms with E-state index in [4.69, 9.17) is 4.74 Å². The number of aliphatic imine (C=N–C) groups is 1. The summed E-state index contributed by atoms with van der Waals surface area (Å²) in [6, 6.07) is 13.5. The van der Waals surface area contributed by atoms with Crippen LogP contribution in [0.3, 0.4) is 0 Å². The average Bonchev–Trinajstić information content (AvgIpc) is 2.94. The van der Waals surface area contributed by atoms with Gasteiger partial charge in [-0.3, -0.25) is 9.59 Å². The number of hydrogen-bond acceptors (Lipinski definition) is 4. The Kier molecular flexibility index (Phi) is 5.48. The van der Waals surface area contributed by atoms with Crippen LogP contribution in [0.1, 0.15) is 18.1 Å². The van der Waals surface area contributed by atoms with Crippen molar-refractivity contribution in [2.45, 2.75) is 13.5 Å². The summed E-state index contributed by atoms with van der Waals surface area (Å²) in [6.07, 6.45) is 1.69. The Labute approximate surface area is 154 Å². The average molecular weight is 370 g/mol. The topological polar surface area (TPSA) is 67.8 Å². The zero-order chi connectivity index (χ0) is 18.5. The van der Waals surface area contributed by atoms with Crippen LogP contribution in [-0.2, 0) is 16.2 Å². The number of nitrogens with zero attached hydrogens (tertiary/aromatic N) is 1. The fraction of sp³-hybridized carbons (Fsp3) is 0.105. The van der Waals surface area contributed by atoms with Gasteiger partial charge in [0, 0.05) is 12.5 Å². The summed E-state index contributed by atoms with van der Waals surface area (Å²) in [5.41, 5.74) is 1.27. The monoisotopic (exact) mass is 370 g/mol. The van der Waals surface area contributed by atoms with Gasteiger partial charge in [-0.1, -0.05) is 30.3 Å². The summed E-state index contributed by atoms with van der Waals surface area (Å²) in [5.74, 6) is -0.378. The molecule has 1 heterocycles. The van der Waals surface area contributed by atoms with Crippen LogP contribution in [0, 0.1) is 5.82 Å². The van der Waals surface area contributed by atoms with E-state index in [9.17, 15) is 14.0 Å². The highest BCUT2D eigenvalue weighted by molar-refractivity contribution is 8.18. The normalized spacial score (nSPS) is 15.1. The van der Waals surface area contributed by atoms with Crippen LogP contribution in [-0.4, -0.2) is 17.0 Å². The molecular formula is C19H15FN2O3S. The van der Waals surface area contributed by atoms with Crippen LogP contribution in [0.2, 0.25) is 0 Å². The molecule has 132 valence electrons. The Morgan fingerprint density at radius 3 is 2.65 bits per heavy atom. The molecular weight excluding hydrogens is 355 g/mol. The second kappa shape index (κ2) is 7.97. The van der Waals surface area contributed by atoms with Gasteiger partial charge in [0.15, 0.2) is 5.17 Å². The summed E-state index contributed by atoms with van der Waals surface area (Å²) in [5, 5.41) is 2.77. The van der Waals surface area contributed by atoms with Crippen LogP contribution < -0.4 is 10.1 Å². The van der Waals surface area contributed by atoms with E-state index in [1.165, 1.54) is 13.0 Å². The molecule has 0 unspecified atom stereocenters. The number of rotatable bonds is 4. The molecule has 0 aromatic heterocycles. The van der Waals surface area contributed by atoms with Crippen LogP contribution in [0.4, 0.5) is 4.39 Å². The lowest BCUT2D eigenvalue weighted by atomic mass is 10.2. The van der Waals surface area contributed by atoms with Gasteiger partial charge in [-0.15, -0.1) is 0 Å². The maximum Gasteiger partial charge on any atom is 0.286 e. The predicted octanol–water partition coefficient (Wildman–Crippen LogP) is 3.51. The highest BCUT2D eigenvalue weighted by atomic mass is 32.2. The number of amidine groups is 1. The predicted molar refractivity (Wildman–Crippen MR) is 99.0 cm³/mol. The van der Waals surface area contributed by atoms with Crippen molar-refractivity contribution in [3.63, 3.8) is 0 Å². The molecule has 26 heavy (non-hydrogen) atoms. The molecule has 1 aliphatic heterocycles. The molecule has 0 radical (unpaired) electrons. The number of nitrogens with one attached hydrogen (secondary N) is 1. The number of carbonyl (C=O) groups excluding carboxylic acids is 2. The number of amides is 2. The molecule has 7 heteroatoms. The SMILES string of the molecule is CC(=O)NC1=NC(=O)C(=Cc2ccc(OCc3ccccc3F)cc2)S1. The molecule has 0 bridgehead atoms. The Hall–Kier alpha value is -2.93. The second-order valence-electron chi connectivity index (χ2n) is 5.46. The van der Waals surface area contributed by atoms with Gasteiger partial charge in [-0.05, 0) is 41.6 Å². The number of thioether (sulfide) groups is 1. The van der Waals surface area contributed by atoms with E-state index in [1.54, 1.807) is 48.5 Å². The lowest BCUT2D eigenvalue weighted by Crippen LogP contribution is -2.23. The third-order valence-electron chi connectivity index (χ3n) is 3.43. The summed E-state index contributed by atoms with van der Waals surface area (Å²) < 4.78 is 19.1. The van der Waals surface area contributed by atoms with Gasteiger partial charge in [0.1, 0.15) is 18.2 Å². The lowest BCUT2D eigenvalue weighted by molar-refractivity contribution is -0.117. The highest BCUT2D eigenvalue weighted by Crippen LogP contribution is 2.28. The molecule has 2 aromatic rings. The minimum absolute atomic E-state index is 0.134. The maximum absolute atomic E-state index is 13.6. The third-order valence-corrected chi connectivity index (χ3v) is 4.33. The molecule has 0 saturated heterocycles. The van der Waals surface area contributed by atoms with E-state index in [-0.39, 0.29) is 23.5 Å². The summed E-state index contributed by atoms with van der Waals surface area (Å²) in [7, 11) is 0. The number of ether oxygens (including phenoxy) is 1. The van der Waals surface area contributed by atoms with Crippen molar-refractivity contribution < 1.29 is 18.7 Å². The van der Waals surface area contributed by atoms with Gasteiger partial charge in [0.2, 0.25) is 5.91 Å². The molecule has 0 saturated carbocycles. The molecule has 0 atom stereocenters. The highest BCUT2D eigenvalue weighted by Gasteiger charge is 2.22. The summed E-state index contributed by atoms with van der Waals surface area (Å²) in [4.78, 5) is 27.1. The van der Waals surface area contributed by atoms with Crippen molar-refractivity contribution in [2.24, 2.45) is 4.99 Å². The van der Waals surface area contributed by atoms with E-state index in [1.807, 2.05) is 0 Å². The lowest BCUT2D eigenvalue weighted by Gasteiger charge is -2.07. The molecule has 5 nitrogen and oxygen atoms in total. The molecule has 2 aromatic carbocycles. The van der Waals surface area contributed by atoms with Gasteiger partial charge < -0.3 is 10.1 Å². The van der Waals surface area contributed by atoms with Crippen molar-refractivity contribution >= 4 is 34.8 Å². The molecule has 1 N–H and O–H groups in total. The summed E-state index contributed by atoms with van der Waals surface area (Å²) in [6.45, 7) is 1.49. The van der Waals surface area contributed by atoms with Crippen LogP contribution in [0.25, 0.3) is 6.08 Å². The van der Waals surface area contributed by atoms with Crippen molar-refractivity contribution in [2.75, 3.05) is 0 Å². The van der Waals surface area contributed by atoms with Crippen molar-refractivity contribution in [1.82, 2.24) is 5.32 Å². The minimum Gasteiger partial charge on any atom is -0.489 e. The van der Waals surface area contributed by atoms with E-state index in [0.717, 1.165) is 17.3 Å². The molecule has 2 amide bonds. The van der Waals surface area contributed by atoms with E-state index < -0.39 is 5.91 Å². The van der Waals surface area contributed by atoms with Gasteiger partial charge in [-0.25, -0.2) is 4.39 Å². The number of carbonyl (C=O) groups is 2. The van der Waals surface area contributed by atoms with Crippen molar-refractivity contribution in [3.05, 3.63) is 70.4 Å². The van der Waals surface area contributed by atoms with E-state index in [0.29, 0.717) is 16.2 Å². The van der Waals surface area contributed by atoms with Gasteiger partial charge in [0.25, 0.3) is 5.91 Å². The van der Waals surface area contributed by atoms with Crippen molar-refractivity contribution in [3.8, 4) is 5.75 Å².